The average molecular weight is 175 g/mol. The molecule has 0 unspecified atom stereocenters. The van der Waals surface area contributed by atoms with Crippen LogP contribution in [0.4, 0.5) is 0 Å². The van der Waals surface area contributed by atoms with Gasteiger partial charge in [-0.2, -0.15) is 0 Å². The van der Waals surface area contributed by atoms with Crippen LogP contribution in [0, 0.1) is 0 Å². The third-order valence-electron chi connectivity index (χ3n) is 0.927. The summed E-state index contributed by atoms with van der Waals surface area (Å²) in [6.07, 6.45) is 7.90. The van der Waals surface area contributed by atoms with Gasteiger partial charge in [0.2, 0.25) is 0 Å². The molecule has 0 spiro atoms. The number of halogens is 1. The Balaban J connectivity index is 3.06. The van der Waals surface area contributed by atoms with Crippen molar-refractivity contribution in [1.29, 1.82) is 0 Å². The fourth-order valence-electron chi connectivity index (χ4n) is 0.449. The molecule has 48 valence electrons. The Hall–Kier alpha value is 0.890. The predicted molar refractivity (Wildman–Crippen MR) is 36.5 cm³/mol. The van der Waals surface area contributed by atoms with E-state index in [1.165, 1.54) is 0 Å². The molecule has 9 heavy (non-hydrogen) atoms. The number of carbonyl (C=O) groups is 2. The standard InChI is InChI=1S/C5H7O2.Ca.ClH/c6-4-2-1-3-5-7;;/h4H,1-3H2;;1H/q;+1;/p-1. The number of hydrogen-bond donors (Lipinski definition) is 0. The van der Waals surface area contributed by atoms with Gasteiger partial charge in [0.25, 0.3) is 0 Å². The van der Waals surface area contributed by atoms with Crippen molar-refractivity contribution in [3.05, 3.63) is 0 Å². The van der Waals surface area contributed by atoms with Gasteiger partial charge < -0.3 is 0 Å². The van der Waals surface area contributed by atoms with Gasteiger partial charge in [0.1, 0.15) is 0 Å². The topological polar surface area (TPSA) is 34.1 Å². The molecule has 0 N–H and O–H groups in total. The normalized spacial score (nSPS) is 8.11. The van der Waals surface area contributed by atoms with E-state index in [2.05, 4.69) is 0 Å². The van der Waals surface area contributed by atoms with Crippen LogP contribution in [0.5, 0.6) is 0 Å². The van der Waals surface area contributed by atoms with E-state index in [1.54, 1.807) is 0 Å². The Morgan fingerprint density at radius 1 is 1.67 bits per heavy atom. The number of aldehydes is 1. The van der Waals surface area contributed by atoms with E-state index in [1.807, 2.05) is 0 Å². The van der Waals surface area contributed by atoms with Crippen molar-refractivity contribution in [3.63, 3.8) is 0 Å². The SMILES string of the molecule is O=CCCC[C](=O)[Ca][Cl]. The van der Waals surface area contributed by atoms with Crippen LogP contribution in [0.1, 0.15) is 19.3 Å². The van der Waals surface area contributed by atoms with E-state index in [9.17, 15) is 9.59 Å². The Morgan fingerprint density at radius 2 is 2.33 bits per heavy atom. The van der Waals surface area contributed by atoms with Crippen LogP contribution in [0.15, 0.2) is 0 Å². The summed E-state index contributed by atoms with van der Waals surface area (Å²) in [5, 5.41) is 0. The first kappa shape index (κ1) is 9.89. The van der Waals surface area contributed by atoms with Crippen molar-refractivity contribution >= 4 is 46.9 Å². The van der Waals surface area contributed by atoms with Gasteiger partial charge in [0.15, 0.2) is 0 Å². The zero-order valence-electron chi connectivity index (χ0n) is 5.10. The van der Waals surface area contributed by atoms with Crippen LogP contribution >= 0.6 is 6.39 Å². The van der Waals surface area contributed by atoms with Gasteiger partial charge in [-0.3, -0.25) is 0 Å². The monoisotopic (exact) mass is 174 g/mol. The molecule has 0 amide bonds. The third-order valence-corrected chi connectivity index (χ3v) is 3.17. The van der Waals surface area contributed by atoms with Gasteiger partial charge in [0, 0.05) is 0 Å². The summed E-state index contributed by atoms with van der Waals surface area (Å²) in [7, 11) is 0. The summed E-state index contributed by atoms with van der Waals surface area (Å²) in [6, 6.07) is 0. The second-order valence-corrected chi connectivity index (χ2v) is 4.48. The molecule has 0 aromatic rings. The molecule has 0 atom stereocenters. The van der Waals surface area contributed by atoms with Crippen molar-refractivity contribution in [1.82, 2.24) is 0 Å². The first-order chi connectivity index (χ1) is 4.31. The quantitative estimate of drug-likeness (QED) is 0.350. The number of unbranched alkanes of at least 4 members (excludes halogenated alkanes) is 1. The van der Waals surface area contributed by atoms with Crippen molar-refractivity contribution in [2.75, 3.05) is 0 Å². The Labute approximate surface area is 75.0 Å². The van der Waals surface area contributed by atoms with Crippen molar-refractivity contribution in [3.8, 4) is 0 Å². The molecule has 0 saturated heterocycles. The predicted octanol–water partition coefficient (Wildman–Crippen LogP) is 0.740. The molecule has 0 rings (SSSR count). The van der Waals surface area contributed by atoms with Crippen LogP contribution in [0.25, 0.3) is 0 Å². The molecule has 0 aliphatic heterocycles. The Bertz CT molecular complexity index is 105. The van der Waals surface area contributed by atoms with Crippen molar-refractivity contribution in [2.45, 2.75) is 19.3 Å². The Kier molecular flexibility index (Phi) is 7.69. The summed E-state index contributed by atoms with van der Waals surface area (Å²) in [6.45, 7) is 0. The summed E-state index contributed by atoms with van der Waals surface area (Å²) < 4.78 is 0.200. The van der Waals surface area contributed by atoms with E-state index in [0.717, 1.165) is 6.29 Å². The molecular weight excluding hydrogens is 168 g/mol. The van der Waals surface area contributed by atoms with Gasteiger partial charge >= 0.3 is 75.7 Å². The molecule has 0 aromatic carbocycles. The van der Waals surface area contributed by atoms with Crippen molar-refractivity contribution < 1.29 is 9.59 Å². The van der Waals surface area contributed by atoms with E-state index < -0.39 is 32.3 Å². The van der Waals surface area contributed by atoms with Gasteiger partial charge in [-0.25, -0.2) is 0 Å². The van der Waals surface area contributed by atoms with E-state index in [4.69, 9.17) is 6.39 Å². The molecule has 0 aliphatic carbocycles. The van der Waals surface area contributed by atoms with E-state index in [0.29, 0.717) is 19.3 Å². The van der Waals surface area contributed by atoms with Crippen molar-refractivity contribution in [2.24, 2.45) is 0 Å². The maximum atomic E-state index is 10.5. The molecule has 0 aromatic heterocycles. The minimum atomic E-state index is -1.34. The van der Waals surface area contributed by atoms with Crippen LogP contribution < -0.4 is 0 Å². The molecule has 0 heterocycles. The molecule has 0 radical (unpaired) electrons. The first-order valence-electron chi connectivity index (χ1n) is 2.82. The molecular formula is C5H7CaClO2. The fraction of sp³-hybridized carbons (Fsp3) is 0.600. The first-order valence-corrected chi connectivity index (χ1v) is 6.97. The summed E-state index contributed by atoms with van der Waals surface area (Å²) >= 11 is -1.34. The summed E-state index contributed by atoms with van der Waals surface area (Å²) in [4.78, 5) is 20.3. The van der Waals surface area contributed by atoms with Crippen LogP contribution in [-0.4, -0.2) is 40.5 Å². The average Bonchev–Trinajstić information content (AvgIpc) is 1.89. The number of rotatable bonds is 5. The fourth-order valence-corrected chi connectivity index (χ4v) is 1.60. The number of carbonyl (C=O) groups excluding carboxylic acids is 2. The second kappa shape index (κ2) is 7.00. The molecule has 2 nitrogen and oxygen atoms in total. The molecule has 0 fully saturated rings. The molecule has 0 aliphatic rings. The van der Waals surface area contributed by atoms with Gasteiger partial charge in [-0.1, -0.05) is 0 Å². The minimum absolute atomic E-state index is 0.200. The summed E-state index contributed by atoms with van der Waals surface area (Å²) in [5.74, 6) is 0. The van der Waals surface area contributed by atoms with Gasteiger partial charge in [-0.05, 0) is 0 Å². The molecule has 0 saturated carbocycles. The molecule has 4 heteroatoms. The zero-order chi connectivity index (χ0) is 7.11. The number of hydrogen-bond acceptors (Lipinski definition) is 2. The van der Waals surface area contributed by atoms with Crippen LogP contribution in [0.2, 0.25) is 0 Å². The second-order valence-electron chi connectivity index (χ2n) is 1.73. The Morgan fingerprint density at radius 3 is 2.78 bits per heavy atom. The van der Waals surface area contributed by atoms with Gasteiger partial charge in [-0.15, -0.1) is 0 Å². The van der Waals surface area contributed by atoms with Gasteiger partial charge in [0.05, 0.1) is 0 Å². The summed E-state index contributed by atoms with van der Waals surface area (Å²) in [5.41, 5.74) is 0. The molecule has 0 bridgehead atoms. The third kappa shape index (κ3) is 6.78. The zero-order valence-corrected chi connectivity index (χ0v) is 8.06. The van der Waals surface area contributed by atoms with E-state index in [-0.39, 0.29) is 1.88 Å². The van der Waals surface area contributed by atoms with Crippen LogP contribution in [0.3, 0.4) is 0 Å². The maximum absolute atomic E-state index is 10.5. The van der Waals surface area contributed by atoms with Crippen LogP contribution in [-0.2, 0) is 9.59 Å². The van der Waals surface area contributed by atoms with E-state index >= 15 is 0 Å².